The molecule has 2 aromatic rings. The zero-order valence-corrected chi connectivity index (χ0v) is 16.2. The summed E-state index contributed by atoms with van der Waals surface area (Å²) in [6.07, 6.45) is 1.43. The SMILES string of the molecule is C=CCN(c1cc(OC)c(OC)cc1C(=O)OC)S(=O)(=O)c1ccccc1. The van der Waals surface area contributed by atoms with Crippen LogP contribution in [0.5, 0.6) is 11.5 Å². The summed E-state index contributed by atoms with van der Waals surface area (Å²) in [4.78, 5) is 12.4. The lowest BCUT2D eigenvalue weighted by Gasteiger charge is -2.26. The van der Waals surface area contributed by atoms with Crippen molar-refractivity contribution < 1.29 is 27.4 Å². The van der Waals surface area contributed by atoms with E-state index in [2.05, 4.69) is 6.58 Å². The zero-order valence-electron chi connectivity index (χ0n) is 15.3. The number of esters is 1. The number of anilines is 1. The average molecular weight is 391 g/mol. The van der Waals surface area contributed by atoms with E-state index < -0.39 is 16.0 Å². The molecular formula is C19H21NO6S. The normalized spacial score (nSPS) is 10.8. The number of hydrogen-bond donors (Lipinski definition) is 0. The van der Waals surface area contributed by atoms with Gasteiger partial charge >= 0.3 is 5.97 Å². The van der Waals surface area contributed by atoms with Gasteiger partial charge in [-0.15, -0.1) is 6.58 Å². The van der Waals surface area contributed by atoms with Crippen molar-refractivity contribution in [1.82, 2.24) is 0 Å². The van der Waals surface area contributed by atoms with E-state index >= 15 is 0 Å². The Kier molecular flexibility index (Phi) is 6.46. The number of ether oxygens (including phenoxy) is 3. The number of rotatable bonds is 8. The molecule has 8 heteroatoms. The summed E-state index contributed by atoms with van der Waals surface area (Å²) in [6.45, 7) is 3.57. The second-order valence-corrected chi connectivity index (χ2v) is 7.22. The maximum absolute atomic E-state index is 13.2. The molecule has 0 heterocycles. The first-order valence-corrected chi connectivity index (χ1v) is 9.37. The van der Waals surface area contributed by atoms with Crippen LogP contribution in [0.3, 0.4) is 0 Å². The van der Waals surface area contributed by atoms with Crippen molar-refractivity contribution in [2.45, 2.75) is 4.90 Å². The maximum atomic E-state index is 13.2. The van der Waals surface area contributed by atoms with E-state index in [1.165, 1.54) is 51.7 Å². The van der Waals surface area contributed by atoms with Gasteiger partial charge in [0.05, 0.1) is 44.0 Å². The minimum absolute atomic E-state index is 0.0245. The molecule has 0 saturated carbocycles. The minimum Gasteiger partial charge on any atom is -0.493 e. The van der Waals surface area contributed by atoms with E-state index in [9.17, 15) is 13.2 Å². The van der Waals surface area contributed by atoms with Crippen molar-refractivity contribution in [2.24, 2.45) is 0 Å². The molecule has 0 unspecified atom stereocenters. The highest BCUT2D eigenvalue weighted by atomic mass is 32.2. The first-order valence-electron chi connectivity index (χ1n) is 7.93. The molecule has 0 saturated heterocycles. The van der Waals surface area contributed by atoms with Gasteiger partial charge in [-0.1, -0.05) is 24.3 Å². The molecule has 0 amide bonds. The number of carbonyl (C=O) groups excluding carboxylic acids is 1. The molecular weight excluding hydrogens is 370 g/mol. The van der Waals surface area contributed by atoms with Crippen molar-refractivity contribution in [3.63, 3.8) is 0 Å². The molecule has 0 fully saturated rings. The van der Waals surface area contributed by atoms with E-state index in [4.69, 9.17) is 14.2 Å². The summed E-state index contributed by atoms with van der Waals surface area (Å²) >= 11 is 0. The van der Waals surface area contributed by atoms with Crippen molar-refractivity contribution in [1.29, 1.82) is 0 Å². The predicted octanol–water partition coefficient (Wildman–Crippen LogP) is 2.87. The molecule has 0 aliphatic heterocycles. The van der Waals surface area contributed by atoms with Crippen LogP contribution in [0.25, 0.3) is 0 Å². The zero-order chi connectivity index (χ0) is 20.0. The van der Waals surface area contributed by atoms with Gasteiger partial charge in [-0.05, 0) is 12.1 Å². The van der Waals surface area contributed by atoms with Crippen LogP contribution >= 0.6 is 0 Å². The van der Waals surface area contributed by atoms with Gasteiger partial charge in [-0.2, -0.15) is 0 Å². The molecule has 0 spiro atoms. The van der Waals surface area contributed by atoms with Crippen LogP contribution in [0.15, 0.2) is 60.0 Å². The van der Waals surface area contributed by atoms with Crippen molar-refractivity contribution in [3.05, 3.63) is 60.7 Å². The van der Waals surface area contributed by atoms with Crippen LogP contribution in [0.2, 0.25) is 0 Å². The summed E-state index contributed by atoms with van der Waals surface area (Å²) in [6, 6.07) is 10.7. The Labute approximate surface area is 158 Å². The standard InChI is InChI=1S/C19H21NO6S/c1-5-11-20(27(22,23)14-9-7-6-8-10-14)16-13-18(25-3)17(24-2)12-15(16)19(21)26-4/h5-10,12-13H,1,11H2,2-4H3. The average Bonchev–Trinajstić information content (AvgIpc) is 2.70. The third-order valence-electron chi connectivity index (χ3n) is 3.80. The Balaban J connectivity index is 2.76. The molecule has 2 aromatic carbocycles. The van der Waals surface area contributed by atoms with Gasteiger partial charge in [0.1, 0.15) is 0 Å². The Hall–Kier alpha value is -3.00. The van der Waals surface area contributed by atoms with Gasteiger partial charge < -0.3 is 14.2 Å². The summed E-state index contributed by atoms with van der Waals surface area (Å²) in [5.74, 6) is -0.155. The summed E-state index contributed by atoms with van der Waals surface area (Å²) in [7, 11) is 0.0846. The van der Waals surface area contributed by atoms with Gasteiger partial charge in [-0.3, -0.25) is 4.31 Å². The summed E-state index contributed by atoms with van der Waals surface area (Å²) in [5.41, 5.74) is 0.125. The van der Waals surface area contributed by atoms with Gasteiger partial charge in [0.2, 0.25) is 0 Å². The van der Waals surface area contributed by atoms with Crippen LogP contribution in [0, 0.1) is 0 Å². The van der Waals surface area contributed by atoms with E-state index in [1.807, 2.05) is 0 Å². The Bertz CT molecular complexity index is 925. The molecule has 0 bridgehead atoms. The van der Waals surface area contributed by atoms with Gasteiger partial charge in [-0.25, -0.2) is 13.2 Å². The fraction of sp³-hybridized carbons (Fsp3) is 0.211. The number of benzene rings is 2. The molecule has 2 rings (SSSR count). The molecule has 0 aromatic heterocycles. The highest BCUT2D eigenvalue weighted by Gasteiger charge is 2.29. The van der Waals surface area contributed by atoms with Gasteiger partial charge in [0, 0.05) is 12.1 Å². The van der Waals surface area contributed by atoms with Gasteiger partial charge in [0.25, 0.3) is 10.0 Å². The third-order valence-corrected chi connectivity index (χ3v) is 5.60. The summed E-state index contributed by atoms with van der Waals surface area (Å²) < 4.78 is 42.8. The lowest BCUT2D eigenvalue weighted by Crippen LogP contribution is -2.32. The number of nitrogens with zero attached hydrogens (tertiary/aromatic N) is 1. The van der Waals surface area contributed by atoms with Crippen LogP contribution in [0.4, 0.5) is 5.69 Å². The first-order chi connectivity index (χ1) is 12.9. The summed E-state index contributed by atoms with van der Waals surface area (Å²) in [5, 5.41) is 0. The molecule has 27 heavy (non-hydrogen) atoms. The molecule has 144 valence electrons. The van der Waals surface area contributed by atoms with Crippen LogP contribution in [-0.4, -0.2) is 42.3 Å². The molecule has 0 aliphatic rings. The van der Waals surface area contributed by atoms with Crippen LogP contribution in [-0.2, 0) is 14.8 Å². The van der Waals surface area contributed by atoms with E-state index in [-0.39, 0.29) is 34.2 Å². The first kappa shape index (κ1) is 20.3. The predicted molar refractivity (Wildman–Crippen MR) is 102 cm³/mol. The second kappa shape index (κ2) is 8.59. The van der Waals surface area contributed by atoms with Gasteiger partial charge in [0.15, 0.2) is 11.5 Å². The largest absolute Gasteiger partial charge is 0.493 e. The molecule has 7 nitrogen and oxygen atoms in total. The lowest BCUT2D eigenvalue weighted by molar-refractivity contribution is 0.0601. The number of hydrogen-bond acceptors (Lipinski definition) is 6. The number of sulfonamides is 1. The Morgan fingerprint density at radius 3 is 2.19 bits per heavy atom. The molecule has 0 aliphatic carbocycles. The minimum atomic E-state index is -3.97. The number of carbonyl (C=O) groups is 1. The van der Waals surface area contributed by atoms with E-state index in [0.717, 1.165) is 4.31 Å². The molecule has 0 radical (unpaired) electrons. The molecule has 0 N–H and O–H groups in total. The van der Waals surface area contributed by atoms with E-state index in [0.29, 0.717) is 0 Å². The highest BCUT2D eigenvalue weighted by Crippen LogP contribution is 2.37. The van der Waals surface area contributed by atoms with Crippen molar-refractivity contribution in [3.8, 4) is 11.5 Å². The molecule has 0 atom stereocenters. The Morgan fingerprint density at radius 2 is 1.67 bits per heavy atom. The monoisotopic (exact) mass is 391 g/mol. The number of methoxy groups -OCH3 is 3. The Morgan fingerprint density at radius 1 is 1.07 bits per heavy atom. The highest BCUT2D eigenvalue weighted by molar-refractivity contribution is 7.92. The smallest absolute Gasteiger partial charge is 0.340 e. The van der Waals surface area contributed by atoms with Crippen molar-refractivity contribution in [2.75, 3.05) is 32.2 Å². The fourth-order valence-electron chi connectivity index (χ4n) is 2.51. The maximum Gasteiger partial charge on any atom is 0.340 e. The topological polar surface area (TPSA) is 82.1 Å². The second-order valence-electron chi connectivity index (χ2n) is 5.35. The quantitative estimate of drug-likeness (QED) is 0.508. The van der Waals surface area contributed by atoms with E-state index in [1.54, 1.807) is 18.2 Å². The van der Waals surface area contributed by atoms with Crippen molar-refractivity contribution >= 4 is 21.7 Å². The fourth-order valence-corrected chi connectivity index (χ4v) is 3.98. The van der Waals surface area contributed by atoms with Crippen LogP contribution in [0.1, 0.15) is 10.4 Å². The third kappa shape index (κ3) is 4.06. The van der Waals surface area contributed by atoms with Crippen LogP contribution < -0.4 is 13.8 Å². The lowest BCUT2D eigenvalue weighted by atomic mass is 10.1.